The first-order valence-corrected chi connectivity index (χ1v) is 3.40. The third-order valence-electron chi connectivity index (χ3n) is 1.40. The Morgan fingerprint density at radius 3 is 2.45 bits per heavy atom. The molecule has 0 aromatic carbocycles. The van der Waals surface area contributed by atoms with Gasteiger partial charge in [0.1, 0.15) is 5.82 Å². The molecule has 0 radical (unpaired) electrons. The number of nitrogen functional groups attached to an aromatic ring is 1. The zero-order valence-electron chi connectivity index (χ0n) is 6.26. The second kappa shape index (κ2) is 2.54. The van der Waals surface area contributed by atoms with Gasteiger partial charge in [0.2, 0.25) is 0 Å². The standard InChI is InChI=1S/C6H8ClN3O/c1-3(11)4-5(7)9-10(2)6(4)8/h8H2,1-2H3. The number of hydrogen-bond donors (Lipinski definition) is 1. The molecule has 0 fully saturated rings. The summed E-state index contributed by atoms with van der Waals surface area (Å²) in [6.45, 7) is 1.40. The van der Waals surface area contributed by atoms with Crippen LogP contribution in [0.1, 0.15) is 17.3 Å². The third-order valence-corrected chi connectivity index (χ3v) is 1.67. The van der Waals surface area contributed by atoms with E-state index in [4.69, 9.17) is 17.3 Å². The van der Waals surface area contributed by atoms with Crippen LogP contribution in [0, 0.1) is 0 Å². The fourth-order valence-corrected chi connectivity index (χ4v) is 1.17. The Hall–Kier alpha value is -1.03. The number of nitrogens with zero attached hydrogens (tertiary/aromatic N) is 2. The maximum Gasteiger partial charge on any atom is 0.166 e. The average molecular weight is 174 g/mol. The van der Waals surface area contributed by atoms with Crippen molar-refractivity contribution in [2.45, 2.75) is 6.92 Å². The van der Waals surface area contributed by atoms with Crippen molar-refractivity contribution in [1.82, 2.24) is 9.78 Å². The number of carbonyl (C=O) groups excluding carboxylic acids is 1. The van der Waals surface area contributed by atoms with E-state index in [0.29, 0.717) is 11.4 Å². The maximum absolute atomic E-state index is 10.9. The quantitative estimate of drug-likeness (QED) is 0.641. The van der Waals surface area contributed by atoms with Crippen LogP contribution in [-0.4, -0.2) is 15.6 Å². The van der Waals surface area contributed by atoms with Gasteiger partial charge in [0, 0.05) is 7.05 Å². The molecule has 5 heteroatoms. The van der Waals surface area contributed by atoms with Crippen LogP contribution in [0.2, 0.25) is 5.15 Å². The molecule has 11 heavy (non-hydrogen) atoms. The first-order chi connectivity index (χ1) is 5.04. The van der Waals surface area contributed by atoms with Crippen LogP contribution in [0.15, 0.2) is 0 Å². The molecule has 0 atom stereocenters. The lowest BCUT2D eigenvalue weighted by Crippen LogP contribution is -2.01. The number of aromatic nitrogens is 2. The Kier molecular flexibility index (Phi) is 1.87. The largest absolute Gasteiger partial charge is 0.383 e. The minimum absolute atomic E-state index is 0.164. The SMILES string of the molecule is CC(=O)c1c(Cl)nn(C)c1N. The second-order valence-corrected chi connectivity index (χ2v) is 2.59. The summed E-state index contributed by atoms with van der Waals surface area (Å²) in [5.74, 6) is 0.142. The van der Waals surface area contributed by atoms with Crippen molar-refractivity contribution in [3.63, 3.8) is 0 Å². The number of hydrogen-bond acceptors (Lipinski definition) is 3. The van der Waals surface area contributed by atoms with E-state index in [2.05, 4.69) is 5.10 Å². The number of ketones is 1. The zero-order chi connectivity index (χ0) is 8.59. The fraction of sp³-hybridized carbons (Fsp3) is 0.333. The van der Waals surface area contributed by atoms with E-state index in [9.17, 15) is 4.79 Å². The molecule has 0 aliphatic heterocycles. The van der Waals surface area contributed by atoms with Gasteiger partial charge in [-0.05, 0) is 6.92 Å². The van der Waals surface area contributed by atoms with Gasteiger partial charge in [0.25, 0.3) is 0 Å². The van der Waals surface area contributed by atoms with Gasteiger partial charge in [0.05, 0.1) is 5.56 Å². The highest BCUT2D eigenvalue weighted by Crippen LogP contribution is 2.20. The van der Waals surface area contributed by atoms with Gasteiger partial charge in [-0.3, -0.25) is 9.48 Å². The Morgan fingerprint density at radius 1 is 1.73 bits per heavy atom. The smallest absolute Gasteiger partial charge is 0.166 e. The van der Waals surface area contributed by atoms with Crippen molar-refractivity contribution < 1.29 is 4.79 Å². The van der Waals surface area contributed by atoms with Crippen LogP contribution in [-0.2, 0) is 7.05 Å². The molecule has 1 heterocycles. The molecule has 4 nitrogen and oxygen atoms in total. The molecule has 0 spiro atoms. The predicted octanol–water partition coefficient (Wildman–Crippen LogP) is 0.858. The van der Waals surface area contributed by atoms with Gasteiger partial charge >= 0.3 is 0 Å². The van der Waals surface area contributed by atoms with Gasteiger partial charge in [-0.1, -0.05) is 11.6 Å². The molecule has 0 unspecified atom stereocenters. The minimum Gasteiger partial charge on any atom is -0.383 e. The fourth-order valence-electron chi connectivity index (χ4n) is 0.829. The minimum atomic E-state index is -0.166. The Morgan fingerprint density at radius 2 is 2.27 bits per heavy atom. The lowest BCUT2D eigenvalue weighted by atomic mass is 10.2. The lowest BCUT2D eigenvalue weighted by molar-refractivity contribution is 0.101. The molecule has 0 amide bonds. The number of rotatable bonds is 1. The molecule has 1 aromatic rings. The predicted molar refractivity (Wildman–Crippen MR) is 42.6 cm³/mol. The molecular formula is C6H8ClN3O. The first kappa shape index (κ1) is 8.07. The van der Waals surface area contributed by atoms with E-state index >= 15 is 0 Å². The van der Waals surface area contributed by atoms with Gasteiger partial charge in [0.15, 0.2) is 10.9 Å². The molecule has 2 N–H and O–H groups in total. The van der Waals surface area contributed by atoms with E-state index in [-0.39, 0.29) is 10.9 Å². The third kappa shape index (κ3) is 1.21. The maximum atomic E-state index is 10.9. The summed E-state index contributed by atoms with van der Waals surface area (Å²) < 4.78 is 1.37. The van der Waals surface area contributed by atoms with E-state index in [1.807, 2.05) is 0 Å². The molecule has 1 rings (SSSR count). The van der Waals surface area contributed by atoms with Crippen LogP contribution >= 0.6 is 11.6 Å². The summed E-state index contributed by atoms with van der Waals surface area (Å²) in [7, 11) is 1.63. The zero-order valence-corrected chi connectivity index (χ0v) is 7.01. The normalized spacial score (nSPS) is 10.1. The number of halogens is 1. The van der Waals surface area contributed by atoms with Gasteiger partial charge in [-0.25, -0.2) is 0 Å². The topological polar surface area (TPSA) is 60.9 Å². The lowest BCUT2D eigenvalue weighted by Gasteiger charge is -1.93. The molecular weight excluding hydrogens is 166 g/mol. The number of Topliss-reactive ketones (excluding diaryl/α,β-unsaturated/α-hetero) is 1. The second-order valence-electron chi connectivity index (χ2n) is 2.23. The highest BCUT2D eigenvalue weighted by molar-refractivity contribution is 6.33. The summed E-state index contributed by atoms with van der Waals surface area (Å²) in [5.41, 5.74) is 5.80. The van der Waals surface area contributed by atoms with Crippen LogP contribution in [0.5, 0.6) is 0 Å². The molecule has 1 aromatic heterocycles. The average Bonchev–Trinajstić information content (AvgIpc) is 2.07. The van der Waals surface area contributed by atoms with Gasteiger partial charge < -0.3 is 5.73 Å². The molecule has 0 saturated heterocycles. The molecule has 0 saturated carbocycles. The van der Waals surface area contributed by atoms with Crippen LogP contribution in [0.25, 0.3) is 0 Å². The van der Waals surface area contributed by atoms with Crippen molar-refractivity contribution >= 4 is 23.2 Å². The van der Waals surface area contributed by atoms with Gasteiger partial charge in [-0.15, -0.1) is 0 Å². The Labute approximate surface area is 68.9 Å². The molecule has 60 valence electrons. The highest BCUT2D eigenvalue weighted by Gasteiger charge is 2.15. The van der Waals surface area contributed by atoms with E-state index in [1.165, 1.54) is 11.6 Å². The monoisotopic (exact) mass is 173 g/mol. The highest BCUT2D eigenvalue weighted by atomic mass is 35.5. The van der Waals surface area contributed by atoms with Crippen molar-refractivity contribution in [1.29, 1.82) is 0 Å². The summed E-state index contributed by atoms with van der Waals surface area (Å²) >= 11 is 5.61. The number of carbonyl (C=O) groups is 1. The number of anilines is 1. The molecule has 0 aliphatic carbocycles. The number of nitrogens with two attached hydrogens (primary N) is 1. The summed E-state index contributed by atoms with van der Waals surface area (Å²) in [6.07, 6.45) is 0. The number of aryl methyl sites for hydroxylation is 1. The van der Waals surface area contributed by atoms with Crippen LogP contribution in [0.4, 0.5) is 5.82 Å². The van der Waals surface area contributed by atoms with Crippen molar-refractivity contribution in [3.05, 3.63) is 10.7 Å². The van der Waals surface area contributed by atoms with Crippen molar-refractivity contribution in [3.8, 4) is 0 Å². The Bertz CT molecular complexity index is 305. The van der Waals surface area contributed by atoms with E-state index < -0.39 is 0 Å². The van der Waals surface area contributed by atoms with Crippen molar-refractivity contribution in [2.75, 3.05) is 5.73 Å². The first-order valence-electron chi connectivity index (χ1n) is 3.03. The van der Waals surface area contributed by atoms with Crippen LogP contribution in [0.3, 0.4) is 0 Å². The van der Waals surface area contributed by atoms with E-state index in [0.717, 1.165) is 0 Å². The summed E-state index contributed by atoms with van der Waals surface area (Å²) in [6, 6.07) is 0. The van der Waals surface area contributed by atoms with Crippen molar-refractivity contribution in [2.24, 2.45) is 7.05 Å². The Balaban J connectivity index is 3.34. The van der Waals surface area contributed by atoms with Gasteiger partial charge in [-0.2, -0.15) is 5.10 Å². The van der Waals surface area contributed by atoms with Crippen LogP contribution < -0.4 is 5.73 Å². The molecule has 0 aliphatic rings. The summed E-state index contributed by atoms with van der Waals surface area (Å²) in [5, 5.41) is 3.93. The van der Waals surface area contributed by atoms with E-state index in [1.54, 1.807) is 7.05 Å². The summed E-state index contributed by atoms with van der Waals surface area (Å²) in [4.78, 5) is 10.9. The molecule has 0 bridgehead atoms.